The summed E-state index contributed by atoms with van der Waals surface area (Å²) >= 11 is 0. The molecule has 0 aliphatic carbocycles. The minimum atomic E-state index is -3.46. The highest BCUT2D eigenvalue weighted by molar-refractivity contribution is 7.89. The van der Waals surface area contributed by atoms with Crippen molar-refractivity contribution in [1.82, 2.24) is 9.62 Å². The second kappa shape index (κ2) is 8.12. The number of nitrogens with zero attached hydrogens (tertiary/aromatic N) is 1. The lowest BCUT2D eigenvalue weighted by Crippen LogP contribution is -2.30. The third-order valence-electron chi connectivity index (χ3n) is 4.33. The van der Waals surface area contributed by atoms with E-state index in [9.17, 15) is 8.42 Å². The molecule has 0 bridgehead atoms. The Balaban J connectivity index is 0.00000208. The molecule has 1 fully saturated rings. The highest BCUT2D eigenvalue weighted by Gasteiger charge is 2.33. The maximum Gasteiger partial charge on any atom is 0.243 e. The number of hydrogen-bond acceptors (Lipinski definition) is 3. The van der Waals surface area contributed by atoms with Crippen LogP contribution >= 0.6 is 12.4 Å². The summed E-state index contributed by atoms with van der Waals surface area (Å²) in [6.07, 6.45) is 0.910. The Kier molecular flexibility index (Phi) is 6.40. The van der Waals surface area contributed by atoms with Gasteiger partial charge in [-0.1, -0.05) is 48.5 Å². The summed E-state index contributed by atoms with van der Waals surface area (Å²) in [6.45, 7) is 2.04. The van der Waals surface area contributed by atoms with Crippen molar-refractivity contribution in [2.45, 2.75) is 11.3 Å². The molecule has 24 heavy (non-hydrogen) atoms. The van der Waals surface area contributed by atoms with Gasteiger partial charge in [0.15, 0.2) is 0 Å². The van der Waals surface area contributed by atoms with Gasteiger partial charge in [-0.25, -0.2) is 8.42 Å². The van der Waals surface area contributed by atoms with E-state index in [0.717, 1.165) is 24.1 Å². The van der Waals surface area contributed by atoms with Crippen LogP contribution in [0.5, 0.6) is 0 Å². The molecule has 1 saturated heterocycles. The van der Waals surface area contributed by atoms with Gasteiger partial charge in [0.1, 0.15) is 0 Å². The largest absolute Gasteiger partial charge is 0.319 e. The summed E-state index contributed by atoms with van der Waals surface area (Å²) in [7, 11) is -1.56. The highest BCUT2D eigenvalue weighted by Crippen LogP contribution is 2.31. The topological polar surface area (TPSA) is 49.4 Å². The van der Waals surface area contributed by atoms with Crippen LogP contribution in [0.4, 0.5) is 0 Å². The smallest absolute Gasteiger partial charge is 0.243 e. The highest BCUT2D eigenvalue weighted by atomic mass is 35.5. The number of halogens is 1. The first-order chi connectivity index (χ1) is 11.1. The van der Waals surface area contributed by atoms with Gasteiger partial charge in [-0.2, -0.15) is 4.31 Å². The lowest BCUT2D eigenvalue weighted by atomic mass is 10.1. The normalized spacial score (nSPS) is 18.3. The molecule has 0 amide bonds. The Morgan fingerprint density at radius 2 is 1.75 bits per heavy atom. The number of benzene rings is 2. The summed E-state index contributed by atoms with van der Waals surface area (Å²) in [5.74, 6) is 0.388. The molecule has 0 radical (unpaired) electrons. The van der Waals surface area contributed by atoms with Crippen molar-refractivity contribution >= 4 is 22.4 Å². The van der Waals surface area contributed by atoms with Gasteiger partial charge >= 0.3 is 0 Å². The first-order valence-corrected chi connectivity index (χ1v) is 9.36. The van der Waals surface area contributed by atoms with E-state index in [2.05, 4.69) is 5.32 Å². The minimum absolute atomic E-state index is 0. The molecule has 1 N–H and O–H groups in total. The van der Waals surface area contributed by atoms with Crippen molar-refractivity contribution in [3.8, 4) is 11.1 Å². The van der Waals surface area contributed by atoms with Gasteiger partial charge in [0.25, 0.3) is 0 Å². The van der Waals surface area contributed by atoms with Crippen LogP contribution in [-0.2, 0) is 10.0 Å². The third kappa shape index (κ3) is 3.81. The molecule has 1 atom stereocenters. The molecule has 3 rings (SSSR count). The van der Waals surface area contributed by atoms with Gasteiger partial charge in [0.2, 0.25) is 10.0 Å². The van der Waals surface area contributed by atoms with Crippen molar-refractivity contribution in [3.05, 3.63) is 54.6 Å². The molecule has 0 aromatic heterocycles. The first-order valence-electron chi connectivity index (χ1n) is 7.92. The summed E-state index contributed by atoms with van der Waals surface area (Å²) in [6, 6.07) is 16.9. The summed E-state index contributed by atoms with van der Waals surface area (Å²) in [4.78, 5) is 0.399. The molecule has 1 aliphatic rings. The summed E-state index contributed by atoms with van der Waals surface area (Å²) < 4.78 is 27.8. The zero-order chi connectivity index (χ0) is 16.3. The molecular formula is C18H23ClN2O2S. The lowest BCUT2D eigenvalue weighted by molar-refractivity contribution is 0.451. The molecule has 6 heteroatoms. The van der Waals surface area contributed by atoms with E-state index < -0.39 is 10.0 Å². The van der Waals surface area contributed by atoms with Gasteiger partial charge < -0.3 is 5.32 Å². The zero-order valence-corrected chi connectivity index (χ0v) is 15.3. The van der Waals surface area contributed by atoms with E-state index in [4.69, 9.17) is 0 Å². The van der Waals surface area contributed by atoms with Crippen molar-refractivity contribution < 1.29 is 8.42 Å². The Labute approximate surface area is 150 Å². The van der Waals surface area contributed by atoms with Crippen LogP contribution in [0.1, 0.15) is 6.42 Å². The predicted octanol–water partition coefficient (Wildman–Crippen LogP) is 3.01. The predicted molar refractivity (Wildman–Crippen MR) is 99.9 cm³/mol. The van der Waals surface area contributed by atoms with Crippen LogP contribution in [0, 0.1) is 5.92 Å². The molecule has 0 spiro atoms. The molecule has 1 aliphatic heterocycles. The van der Waals surface area contributed by atoms with Crippen LogP contribution < -0.4 is 5.32 Å². The van der Waals surface area contributed by atoms with Crippen LogP contribution in [0.2, 0.25) is 0 Å². The van der Waals surface area contributed by atoms with E-state index in [1.807, 2.05) is 49.5 Å². The third-order valence-corrected chi connectivity index (χ3v) is 6.25. The van der Waals surface area contributed by atoms with E-state index >= 15 is 0 Å². The maximum absolute atomic E-state index is 13.1. The Hall–Kier alpha value is -1.40. The molecule has 0 saturated carbocycles. The maximum atomic E-state index is 13.1. The molecular weight excluding hydrogens is 344 g/mol. The zero-order valence-electron chi connectivity index (χ0n) is 13.7. The van der Waals surface area contributed by atoms with E-state index in [1.54, 1.807) is 16.4 Å². The molecule has 1 unspecified atom stereocenters. The van der Waals surface area contributed by atoms with Gasteiger partial charge in [-0.15, -0.1) is 12.4 Å². The standard InChI is InChI=1S/C18H22N2O2S.ClH/c1-19-13-15-11-12-20(14-15)23(21,22)18-10-6-5-9-17(18)16-7-3-2-4-8-16;/h2-10,15,19H,11-14H2,1H3;1H. The Bertz CT molecular complexity index is 766. The SMILES string of the molecule is CNCC1CCN(S(=O)(=O)c2ccccc2-c2ccccc2)C1.Cl. The fourth-order valence-electron chi connectivity index (χ4n) is 3.16. The number of sulfonamides is 1. The summed E-state index contributed by atoms with van der Waals surface area (Å²) in [5, 5.41) is 3.14. The quantitative estimate of drug-likeness (QED) is 0.884. The Morgan fingerprint density at radius 1 is 1.08 bits per heavy atom. The van der Waals surface area contributed by atoms with Crippen molar-refractivity contribution in [2.75, 3.05) is 26.7 Å². The average Bonchev–Trinajstić information content (AvgIpc) is 3.06. The molecule has 2 aromatic rings. The molecule has 2 aromatic carbocycles. The van der Waals surface area contributed by atoms with Gasteiger partial charge in [-0.3, -0.25) is 0 Å². The van der Waals surface area contributed by atoms with Crippen LogP contribution in [0.25, 0.3) is 11.1 Å². The molecule has 1 heterocycles. The van der Waals surface area contributed by atoms with Crippen molar-refractivity contribution in [3.63, 3.8) is 0 Å². The van der Waals surface area contributed by atoms with E-state index in [1.165, 1.54) is 0 Å². The van der Waals surface area contributed by atoms with E-state index in [-0.39, 0.29) is 12.4 Å². The van der Waals surface area contributed by atoms with Crippen LogP contribution in [-0.4, -0.2) is 39.4 Å². The second-order valence-electron chi connectivity index (χ2n) is 5.94. The summed E-state index contributed by atoms with van der Waals surface area (Å²) in [5.41, 5.74) is 1.70. The second-order valence-corrected chi connectivity index (χ2v) is 7.84. The van der Waals surface area contributed by atoms with Gasteiger partial charge in [-0.05, 0) is 37.6 Å². The van der Waals surface area contributed by atoms with Crippen LogP contribution in [0.3, 0.4) is 0 Å². The fraction of sp³-hybridized carbons (Fsp3) is 0.333. The first kappa shape index (κ1) is 18.9. The number of nitrogens with one attached hydrogen (secondary N) is 1. The lowest BCUT2D eigenvalue weighted by Gasteiger charge is -2.19. The van der Waals surface area contributed by atoms with Crippen molar-refractivity contribution in [1.29, 1.82) is 0 Å². The van der Waals surface area contributed by atoms with Crippen molar-refractivity contribution in [2.24, 2.45) is 5.92 Å². The van der Waals surface area contributed by atoms with E-state index in [0.29, 0.717) is 23.9 Å². The monoisotopic (exact) mass is 366 g/mol. The number of rotatable bonds is 5. The van der Waals surface area contributed by atoms with Gasteiger partial charge in [0, 0.05) is 18.7 Å². The molecule has 130 valence electrons. The van der Waals surface area contributed by atoms with Gasteiger partial charge in [0.05, 0.1) is 4.90 Å². The number of hydrogen-bond donors (Lipinski definition) is 1. The Morgan fingerprint density at radius 3 is 2.46 bits per heavy atom. The van der Waals surface area contributed by atoms with Crippen LogP contribution in [0.15, 0.2) is 59.5 Å². The minimum Gasteiger partial charge on any atom is -0.319 e. The average molecular weight is 367 g/mol. The molecule has 4 nitrogen and oxygen atoms in total. The fourth-order valence-corrected chi connectivity index (χ4v) is 4.90.